The van der Waals surface area contributed by atoms with Gasteiger partial charge in [-0.05, 0) is 35.9 Å². The van der Waals surface area contributed by atoms with Crippen LogP contribution in [0.2, 0.25) is 0 Å². The Balaban J connectivity index is 2.20. The largest absolute Gasteiger partial charge is 0.504 e. The number of hydrogen-bond acceptors (Lipinski definition) is 3. The summed E-state index contributed by atoms with van der Waals surface area (Å²) < 4.78 is 31.1. The van der Waals surface area contributed by atoms with Gasteiger partial charge in [0.25, 0.3) is 0 Å². The van der Waals surface area contributed by atoms with Crippen LogP contribution >= 0.6 is 0 Å². The van der Waals surface area contributed by atoms with E-state index in [0.717, 1.165) is 18.2 Å². The van der Waals surface area contributed by atoms with Crippen LogP contribution in [0, 0.1) is 11.6 Å². The van der Waals surface area contributed by atoms with E-state index in [0.29, 0.717) is 17.4 Å². The van der Waals surface area contributed by atoms with E-state index in [1.54, 1.807) is 6.07 Å². The normalized spacial score (nSPS) is 10.8. The van der Waals surface area contributed by atoms with Crippen molar-refractivity contribution in [3.05, 3.63) is 65.2 Å². The summed E-state index contributed by atoms with van der Waals surface area (Å²) in [5.41, 5.74) is 0.328. The topological polar surface area (TPSA) is 46.5 Å². The number of allylic oxidation sites excluding steroid dienone is 1. The van der Waals surface area contributed by atoms with Crippen LogP contribution in [0.4, 0.5) is 8.78 Å². The van der Waals surface area contributed by atoms with Crippen molar-refractivity contribution < 1.29 is 23.4 Å². The average Bonchev–Trinajstić information content (AvgIpc) is 2.45. The summed E-state index contributed by atoms with van der Waals surface area (Å²) in [5.74, 6) is -2.01. The molecular formula is C16H12F2O3. The van der Waals surface area contributed by atoms with E-state index in [-0.39, 0.29) is 11.3 Å². The molecular weight excluding hydrogens is 278 g/mol. The second kappa shape index (κ2) is 6.17. The van der Waals surface area contributed by atoms with E-state index in [1.165, 1.54) is 25.3 Å². The number of aromatic hydroxyl groups is 1. The Morgan fingerprint density at radius 1 is 1.19 bits per heavy atom. The van der Waals surface area contributed by atoms with Gasteiger partial charge in [-0.25, -0.2) is 8.78 Å². The summed E-state index contributed by atoms with van der Waals surface area (Å²) in [7, 11) is 1.42. The van der Waals surface area contributed by atoms with Gasteiger partial charge in [0.15, 0.2) is 17.3 Å². The summed E-state index contributed by atoms with van der Waals surface area (Å²) >= 11 is 0. The van der Waals surface area contributed by atoms with Crippen molar-refractivity contribution >= 4 is 11.9 Å². The van der Waals surface area contributed by atoms with E-state index in [1.807, 2.05) is 0 Å². The lowest BCUT2D eigenvalue weighted by molar-refractivity contribution is 0.104. The molecule has 0 amide bonds. The highest BCUT2D eigenvalue weighted by Gasteiger charge is 2.09. The van der Waals surface area contributed by atoms with E-state index in [4.69, 9.17) is 4.74 Å². The molecule has 3 nitrogen and oxygen atoms in total. The number of ether oxygens (including phenoxy) is 1. The van der Waals surface area contributed by atoms with Crippen molar-refractivity contribution in [2.45, 2.75) is 0 Å². The molecule has 2 aromatic rings. The minimum atomic E-state index is -0.915. The number of hydrogen-bond donors (Lipinski definition) is 1. The first-order valence-corrected chi connectivity index (χ1v) is 6.05. The first-order chi connectivity index (χ1) is 10.0. The molecule has 0 heterocycles. The third kappa shape index (κ3) is 3.45. The Kier molecular flexibility index (Phi) is 4.33. The molecule has 0 aliphatic carbocycles. The molecule has 0 spiro atoms. The maximum absolute atomic E-state index is 13.4. The predicted octanol–water partition coefficient (Wildman–Crippen LogP) is 3.58. The molecule has 0 aliphatic heterocycles. The first kappa shape index (κ1) is 14.7. The van der Waals surface area contributed by atoms with E-state index in [9.17, 15) is 18.7 Å². The molecule has 0 radical (unpaired) electrons. The van der Waals surface area contributed by atoms with E-state index >= 15 is 0 Å². The molecule has 1 N–H and O–H groups in total. The third-order valence-electron chi connectivity index (χ3n) is 2.83. The van der Waals surface area contributed by atoms with E-state index < -0.39 is 17.4 Å². The molecule has 21 heavy (non-hydrogen) atoms. The van der Waals surface area contributed by atoms with Crippen molar-refractivity contribution in [2.75, 3.05) is 7.11 Å². The van der Waals surface area contributed by atoms with Gasteiger partial charge >= 0.3 is 0 Å². The molecule has 0 fully saturated rings. The number of phenolic OH excluding ortho intramolecular Hbond substituents is 1. The fraction of sp³-hybridized carbons (Fsp3) is 0.0625. The summed E-state index contributed by atoms with van der Waals surface area (Å²) in [4.78, 5) is 11.8. The molecule has 108 valence electrons. The van der Waals surface area contributed by atoms with Crippen molar-refractivity contribution in [1.82, 2.24) is 0 Å². The van der Waals surface area contributed by atoms with Crippen molar-refractivity contribution in [1.29, 1.82) is 0 Å². The second-order valence-electron chi connectivity index (χ2n) is 4.25. The standard InChI is InChI=1S/C16H12F2O3/c1-21-16-7-3-10(8-15(16)20)2-6-14(19)12-5-4-11(17)9-13(12)18/h2-9,20H,1H3. The van der Waals surface area contributed by atoms with Gasteiger partial charge in [0.05, 0.1) is 12.7 Å². The fourth-order valence-corrected chi connectivity index (χ4v) is 1.76. The van der Waals surface area contributed by atoms with Crippen LogP contribution in [0.5, 0.6) is 11.5 Å². The van der Waals surface area contributed by atoms with Crippen LogP contribution in [0.1, 0.15) is 15.9 Å². The highest BCUT2D eigenvalue weighted by molar-refractivity contribution is 6.07. The van der Waals surface area contributed by atoms with Gasteiger partial charge in [-0.2, -0.15) is 0 Å². The highest BCUT2D eigenvalue weighted by Crippen LogP contribution is 2.26. The van der Waals surface area contributed by atoms with Gasteiger partial charge in [-0.3, -0.25) is 4.79 Å². The smallest absolute Gasteiger partial charge is 0.188 e. The molecule has 5 heteroatoms. The number of carbonyl (C=O) groups excluding carboxylic acids is 1. The van der Waals surface area contributed by atoms with Crippen LogP contribution in [0.15, 0.2) is 42.5 Å². The SMILES string of the molecule is COc1ccc(C=CC(=O)c2ccc(F)cc2F)cc1O. The van der Waals surface area contributed by atoms with Gasteiger partial charge in [0.1, 0.15) is 11.6 Å². The quantitative estimate of drug-likeness (QED) is 0.691. The van der Waals surface area contributed by atoms with Crippen LogP contribution in [0.3, 0.4) is 0 Å². The molecule has 0 aromatic heterocycles. The molecule has 0 saturated carbocycles. The van der Waals surface area contributed by atoms with Crippen molar-refractivity contribution in [3.63, 3.8) is 0 Å². The number of ketones is 1. The first-order valence-electron chi connectivity index (χ1n) is 6.05. The Morgan fingerprint density at radius 3 is 2.57 bits per heavy atom. The van der Waals surface area contributed by atoms with Gasteiger partial charge in [-0.15, -0.1) is 0 Å². The number of phenols is 1. The Labute approximate surface area is 120 Å². The maximum atomic E-state index is 13.4. The van der Waals surface area contributed by atoms with Crippen molar-refractivity contribution in [2.24, 2.45) is 0 Å². The Bertz CT molecular complexity index is 709. The zero-order chi connectivity index (χ0) is 15.4. The lowest BCUT2D eigenvalue weighted by Gasteiger charge is -2.03. The molecule has 2 rings (SSSR count). The molecule has 0 atom stereocenters. The maximum Gasteiger partial charge on any atom is 0.188 e. The van der Waals surface area contributed by atoms with Gasteiger partial charge in [0.2, 0.25) is 0 Å². The molecule has 0 unspecified atom stereocenters. The third-order valence-corrected chi connectivity index (χ3v) is 2.83. The zero-order valence-electron chi connectivity index (χ0n) is 11.1. The minimum absolute atomic E-state index is 0.0694. The van der Waals surface area contributed by atoms with Crippen LogP contribution in [0.25, 0.3) is 6.08 Å². The van der Waals surface area contributed by atoms with Crippen molar-refractivity contribution in [3.8, 4) is 11.5 Å². The van der Waals surface area contributed by atoms with Crippen LogP contribution in [-0.4, -0.2) is 18.0 Å². The molecule has 2 aromatic carbocycles. The predicted molar refractivity (Wildman–Crippen MR) is 74.4 cm³/mol. The number of methoxy groups -OCH3 is 1. The number of benzene rings is 2. The van der Waals surface area contributed by atoms with Crippen LogP contribution < -0.4 is 4.74 Å². The zero-order valence-corrected chi connectivity index (χ0v) is 11.1. The van der Waals surface area contributed by atoms with Gasteiger partial charge < -0.3 is 9.84 Å². The molecule has 0 aliphatic rings. The minimum Gasteiger partial charge on any atom is -0.504 e. The summed E-state index contributed by atoms with van der Waals surface area (Å²) in [6.07, 6.45) is 2.57. The molecule has 0 bridgehead atoms. The lowest BCUT2D eigenvalue weighted by Crippen LogP contribution is -1.99. The van der Waals surface area contributed by atoms with Gasteiger partial charge in [-0.1, -0.05) is 12.1 Å². The molecule has 0 saturated heterocycles. The number of carbonyl (C=O) groups is 1. The van der Waals surface area contributed by atoms with Gasteiger partial charge in [0, 0.05) is 6.07 Å². The summed E-state index contributed by atoms with van der Waals surface area (Å²) in [5, 5.41) is 9.60. The fourth-order valence-electron chi connectivity index (χ4n) is 1.76. The number of rotatable bonds is 4. The number of halogens is 2. The second-order valence-corrected chi connectivity index (χ2v) is 4.25. The summed E-state index contributed by atoms with van der Waals surface area (Å²) in [6, 6.07) is 7.33. The highest BCUT2D eigenvalue weighted by atomic mass is 19.1. The Morgan fingerprint density at radius 2 is 1.95 bits per heavy atom. The Hall–Kier alpha value is -2.69. The lowest BCUT2D eigenvalue weighted by atomic mass is 10.1. The average molecular weight is 290 g/mol. The summed E-state index contributed by atoms with van der Waals surface area (Å²) in [6.45, 7) is 0. The monoisotopic (exact) mass is 290 g/mol. The van der Waals surface area contributed by atoms with E-state index in [2.05, 4.69) is 0 Å². The van der Waals surface area contributed by atoms with Crippen LogP contribution in [-0.2, 0) is 0 Å².